The molecule has 0 aliphatic carbocycles. The summed E-state index contributed by atoms with van der Waals surface area (Å²) in [5.41, 5.74) is -0.534. The molecule has 11 heteroatoms. The molecule has 0 heterocycles. The SMILES string of the molecule is COc1ccc(C(=O)Nc2c(F)cc(Cl)cc2OC(C)C)cc1C(=O)Nc1c(F)cc(Cl)cc1OC(C)C. The van der Waals surface area contributed by atoms with Gasteiger partial charge in [-0.1, -0.05) is 23.2 Å². The van der Waals surface area contributed by atoms with Crippen LogP contribution in [0.3, 0.4) is 0 Å². The van der Waals surface area contributed by atoms with Gasteiger partial charge in [0.15, 0.2) is 11.6 Å². The lowest BCUT2D eigenvalue weighted by molar-refractivity contribution is 0.102. The van der Waals surface area contributed by atoms with Gasteiger partial charge in [-0.2, -0.15) is 0 Å². The number of rotatable bonds is 9. The summed E-state index contributed by atoms with van der Waals surface area (Å²) in [5.74, 6) is -2.95. The first-order chi connectivity index (χ1) is 17.9. The van der Waals surface area contributed by atoms with Crippen LogP contribution >= 0.6 is 23.2 Å². The van der Waals surface area contributed by atoms with Crippen molar-refractivity contribution in [2.45, 2.75) is 39.9 Å². The van der Waals surface area contributed by atoms with Crippen LogP contribution in [0, 0.1) is 11.6 Å². The van der Waals surface area contributed by atoms with E-state index in [1.807, 2.05) is 0 Å². The van der Waals surface area contributed by atoms with Crippen LogP contribution in [-0.4, -0.2) is 31.1 Å². The summed E-state index contributed by atoms with van der Waals surface area (Å²) in [6, 6.07) is 8.83. The molecule has 0 radical (unpaired) electrons. The van der Waals surface area contributed by atoms with Gasteiger partial charge in [-0.25, -0.2) is 8.78 Å². The van der Waals surface area contributed by atoms with E-state index in [1.165, 1.54) is 37.4 Å². The fraction of sp³-hybridized carbons (Fsp3) is 0.259. The summed E-state index contributed by atoms with van der Waals surface area (Å²) in [5, 5.41) is 5.10. The molecule has 0 saturated carbocycles. The Balaban J connectivity index is 1.95. The minimum Gasteiger partial charge on any atom is -0.496 e. The third-order valence-corrected chi connectivity index (χ3v) is 5.38. The third-order valence-electron chi connectivity index (χ3n) is 4.95. The van der Waals surface area contributed by atoms with Crippen LogP contribution in [0.15, 0.2) is 42.5 Å². The summed E-state index contributed by atoms with van der Waals surface area (Å²) in [6.07, 6.45) is -0.652. The molecule has 3 rings (SSSR count). The highest BCUT2D eigenvalue weighted by molar-refractivity contribution is 6.31. The maximum absolute atomic E-state index is 14.7. The first kappa shape index (κ1) is 29.0. The van der Waals surface area contributed by atoms with E-state index in [-0.39, 0.29) is 62.0 Å². The van der Waals surface area contributed by atoms with E-state index >= 15 is 0 Å². The van der Waals surface area contributed by atoms with Crippen LogP contribution in [0.25, 0.3) is 0 Å². The Kier molecular flexibility index (Phi) is 9.40. The summed E-state index contributed by atoms with van der Waals surface area (Å²) in [4.78, 5) is 26.3. The van der Waals surface area contributed by atoms with Gasteiger partial charge in [0.05, 0.1) is 24.9 Å². The molecule has 7 nitrogen and oxygen atoms in total. The van der Waals surface area contributed by atoms with E-state index in [0.717, 1.165) is 12.1 Å². The van der Waals surface area contributed by atoms with Crippen molar-refractivity contribution < 1.29 is 32.6 Å². The van der Waals surface area contributed by atoms with Crippen molar-refractivity contribution in [2.24, 2.45) is 0 Å². The predicted molar refractivity (Wildman–Crippen MR) is 143 cm³/mol. The number of carbonyl (C=O) groups excluding carboxylic acids is 2. The molecule has 0 unspecified atom stereocenters. The van der Waals surface area contributed by atoms with Gasteiger partial charge in [-0.15, -0.1) is 0 Å². The van der Waals surface area contributed by atoms with Gasteiger partial charge < -0.3 is 24.8 Å². The maximum atomic E-state index is 14.7. The highest BCUT2D eigenvalue weighted by Gasteiger charge is 2.22. The monoisotopic (exact) mass is 566 g/mol. The van der Waals surface area contributed by atoms with Crippen molar-refractivity contribution in [3.8, 4) is 17.2 Å². The molecule has 0 spiro atoms. The van der Waals surface area contributed by atoms with Crippen LogP contribution in [0.1, 0.15) is 48.4 Å². The molecule has 0 saturated heterocycles. The number of anilines is 2. The van der Waals surface area contributed by atoms with Crippen molar-refractivity contribution in [1.29, 1.82) is 0 Å². The number of methoxy groups -OCH3 is 1. The van der Waals surface area contributed by atoms with Gasteiger partial charge in [0.1, 0.15) is 28.6 Å². The predicted octanol–water partition coefficient (Wildman–Crippen LogP) is 7.36. The number of carbonyl (C=O) groups is 2. The number of hydrogen-bond donors (Lipinski definition) is 2. The van der Waals surface area contributed by atoms with E-state index in [0.29, 0.717) is 0 Å². The molecule has 2 N–H and O–H groups in total. The summed E-state index contributed by atoms with van der Waals surface area (Å²) in [6.45, 7) is 6.94. The summed E-state index contributed by atoms with van der Waals surface area (Å²) >= 11 is 11.9. The van der Waals surface area contributed by atoms with Crippen molar-refractivity contribution in [3.63, 3.8) is 0 Å². The second-order valence-corrected chi connectivity index (χ2v) is 9.55. The third kappa shape index (κ3) is 7.05. The number of hydrogen-bond acceptors (Lipinski definition) is 5. The van der Waals surface area contributed by atoms with E-state index in [9.17, 15) is 18.4 Å². The van der Waals surface area contributed by atoms with Crippen LogP contribution in [0.2, 0.25) is 10.0 Å². The molecule has 0 fully saturated rings. The summed E-state index contributed by atoms with van der Waals surface area (Å²) < 4.78 is 45.9. The molecule has 3 aromatic carbocycles. The Morgan fingerprint density at radius 2 is 1.21 bits per heavy atom. The van der Waals surface area contributed by atoms with Gasteiger partial charge in [0.2, 0.25) is 0 Å². The normalized spacial score (nSPS) is 10.9. The van der Waals surface area contributed by atoms with Crippen molar-refractivity contribution in [3.05, 3.63) is 75.3 Å². The number of nitrogens with one attached hydrogen (secondary N) is 2. The lowest BCUT2D eigenvalue weighted by Crippen LogP contribution is -2.19. The average molecular weight is 567 g/mol. The van der Waals surface area contributed by atoms with E-state index < -0.39 is 23.4 Å². The Morgan fingerprint density at radius 3 is 1.66 bits per heavy atom. The zero-order valence-electron chi connectivity index (χ0n) is 21.2. The molecular weight excluding hydrogens is 541 g/mol. The van der Waals surface area contributed by atoms with Crippen molar-refractivity contribution in [2.75, 3.05) is 17.7 Å². The zero-order valence-corrected chi connectivity index (χ0v) is 22.8. The van der Waals surface area contributed by atoms with Crippen LogP contribution in [0.5, 0.6) is 17.2 Å². The molecule has 202 valence electrons. The number of amides is 2. The van der Waals surface area contributed by atoms with Gasteiger partial charge in [0.25, 0.3) is 11.8 Å². The van der Waals surface area contributed by atoms with Gasteiger partial charge in [-0.05, 0) is 58.0 Å². The first-order valence-electron chi connectivity index (χ1n) is 11.5. The largest absolute Gasteiger partial charge is 0.496 e. The Labute approximate surface area is 229 Å². The van der Waals surface area contributed by atoms with E-state index in [1.54, 1.807) is 27.7 Å². The topological polar surface area (TPSA) is 85.9 Å². The molecule has 2 amide bonds. The summed E-state index contributed by atoms with van der Waals surface area (Å²) in [7, 11) is 1.33. The highest BCUT2D eigenvalue weighted by atomic mass is 35.5. The quantitative estimate of drug-likeness (QED) is 0.282. The average Bonchev–Trinajstić information content (AvgIpc) is 2.82. The Hall–Kier alpha value is -3.56. The van der Waals surface area contributed by atoms with Crippen LogP contribution in [-0.2, 0) is 0 Å². The van der Waals surface area contributed by atoms with Crippen LogP contribution in [0.4, 0.5) is 20.2 Å². The lowest BCUT2D eigenvalue weighted by atomic mass is 10.1. The number of benzene rings is 3. The molecule has 3 aromatic rings. The molecule has 0 atom stereocenters. The number of ether oxygens (including phenoxy) is 3. The number of halogens is 4. The standard InChI is InChI=1S/C27H26Cl2F2N2O5/c1-13(2)37-22-11-16(28)9-19(30)24(22)32-26(34)15-6-7-21(36-5)18(8-15)27(35)33-25-20(31)10-17(29)12-23(25)38-14(3)4/h6-14H,1-5H3,(H,32,34)(H,33,35). The molecule has 0 aromatic heterocycles. The minimum atomic E-state index is -0.815. The van der Waals surface area contributed by atoms with Gasteiger partial charge in [-0.3, -0.25) is 9.59 Å². The second-order valence-electron chi connectivity index (χ2n) is 8.68. The van der Waals surface area contributed by atoms with E-state index in [4.69, 9.17) is 37.4 Å². The molecular formula is C27H26Cl2F2N2O5. The van der Waals surface area contributed by atoms with E-state index in [2.05, 4.69) is 10.6 Å². The second kappa shape index (κ2) is 12.3. The Bertz CT molecular complexity index is 1370. The van der Waals surface area contributed by atoms with Crippen LogP contribution < -0.4 is 24.8 Å². The minimum absolute atomic E-state index is 0.00368. The molecule has 0 aliphatic heterocycles. The van der Waals surface area contributed by atoms with Gasteiger partial charge >= 0.3 is 0 Å². The fourth-order valence-electron chi connectivity index (χ4n) is 3.43. The molecule has 0 aliphatic rings. The van der Waals surface area contributed by atoms with Crippen molar-refractivity contribution >= 4 is 46.4 Å². The zero-order chi connectivity index (χ0) is 28.1. The molecule has 0 bridgehead atoms. The lowest BCUT2D eigenvalue weighted by Gasteiger charge is -2.18. The Morgan fingerprint density at radius 1 is 0.737 bits per heavy atom. The highest BCUT2D eigenvalue weighted by Crippen LogP contribution is 2.35. The first-order valence-corrected chi connectivity index (χ1v) is 12.3. The molecule has 38 heavy (non-hydrogen) atoms. The fourth-order valence-corrected chi connectivity index (χ4v) is 3.82. The smallest absolute Gasteiger partial charge is 0.259 e. The maximum Gasteiger partial charge on any atom is 0.259 e. The van der Waals surface area contributed by atoms with Crippen molar-refractivity contribution in [1.82, 2.24) is 0 Å². The van der Waals surface area contributed by atoms with Gasteiger partial charge in [0, 0.05) is 27.7 Å².